The number of likely N-dealkylation sites (tertiary alicyclic amines) is 1. The van der Waals surface area contributed by atoms with Crippen LogP contribution in [0.1, 0.15) is 50.3 Å². The summed E-state index contributed by atoms with van der Waals surface area (Å²) in [5.74, 6) is 0.852. The fourth-order valence-electron chi connectivity index (χ4n) is 3.95. The van der Waals surface area contributed by atoms with Crippen LogP contribution in [0.3, 0.4) is 0 Å². The Kier molecular flexibility index (Phi) is 4.42. The molecule has 0 amide bonds. The molecule has 1 aromatic rings. The maximum Gasteiger partial charge on any atom is 0.0328 e. The van der Waals surface area contributed by atoms with Crippen LogP contribution in [0.5, 0.6) is 0 Å². The van der Waals surface area contributed by atoms with E-state index in [4.69, 9.17) is 0 Å². The molecular weight excluding hydrogens is 244 g/mol. The van der Waals surface area contributed by atoms with Crippen LogP contribution < -0.4 is 5.32 Å². The van der Waals surface area contributed by atoms with Crippen molar-refractivity contribution in [2.45, 2.75) is 51.6 Å². The van der Waals surface area contributed by atoms with Crippen molar-refractivity contribution in [3.05, 3.63) is 35.4 Å². The second kappa shape index (κ2) is 6.28. The molecule has 1 saturated heterocycles. The molecule has 20 heavy (non-hydrogen) atoms. The van der Waals surface area contributed by atoms with E-state index in [1.807, 2.05) is 0 Å². The zero-order valence-electron chi connectivity index (χ0n) is 12.9. The van der Waals surface area contributed by atoms with Crippen LogP contribution in [0.2, 0.25) is 0 Å². The highest BCUT2D eigenvalue weighted by Crippen LogP contribution is 2.32. The van der Waals surface area contributed by atoms with Gasteiger partial charge < -0.3 is 10.2 Å². The summed E-state index contributed by atoms with van der Waals surface area (Å²) >= 11 is 0. The Bertz CT molecular complexity index is 435. The van der Waals surface area contributed by atoms with Crippen molar-refractivity contribution in [1.82, 2.24) is 10.2 Å². The van der Waals surface area contributed by atoms with Gasteiger partial charge in [0.05, 0.1) is 0 Å². The number of hydrogen-bond acceptors (Lipinski definition) is 2. The van der Waals surface area contributed by atoms with Crippen LogP contribution >= 0.6 is 0 Å². The molecule has 0 aromatic heterocycles. The highest BCUT2D eigenvalue weighted by Gasteiger charge is 2.28. The first-order chi connectivity index (χ1) is 9.78. The molecule has 0 bridgehead atoms. The molecule has 2 nitrogen and oxygen atoms in total. The highest BCUT2D eigenvalue weighted by molar-refractivity contribution is 5.34. The predicted molar refractivity (Wildman–Crippen MR) is 84.9 cm³/mol. The smallest absolute Gasteiger partial charge is 0.0328 e. The van der Waals surface area contributed by atoms with E-state index in [0.717, 1.165) is 5.92 Å². The molecule has 1 N–H and O–H groups in total. The third-order valence-corrected chi connectivity index (χ3v) is 5.38. The van der Waals surface area contributed by atoms with E-state index in [-0.39, 0.29) is 0 Å². The molecular formula is C18H28N2. The van der Waals surface area contributed by atoms with Gasteiger partial charge in [0, 0.05) is 12.1 Å². The molecule has 2 aliphatic rings. The lowest BCUT2D eigenvalue weighted by atomic mass is 9.89. The van der Waals surface area contributed by atoms with Gasteiger partial charge in [-0.25, -0.2) is 0 Å². The number of hydrogen-bond donors (Lipinski definition) is 1. The van der Waals surface area contributed by atoms with Gasteiger partial charge in [-0.2, -0.15) is 0 Å². The average Bonchev–Trinajstić information content (AvgIpc) is 2.91. The zero-order chi connectivity index (χ0) is 13.9. The fourth-order valence-corrected chi connectivity index (χ4v) is 3.95. The van der Waals surface area contributed by atoms with Crippen LogP contribution in [0.25, 0.3) is 0 Å². The molecule has 0 spiro atoms. The maximum atomic E-state index is 3.92. The second-order valence-corrected chi connectivity index (χ2v) is 6.52. The number of benzene rings is 1. The molecule has 1 heterocycles. The number of nitrogens with zero attached hydrogens (tertiary/aromatic N) is 1. The minimum Gasteiger partial charge on any atom is -0.307 e. The van der Waals surface area contributed by atoms with Crippen molar-refractivity contribution < 1.29 is 0 Å². The molecule has 0 radical (unpaired) electrons. The molecule has 1 fully saturated rings. The Morgan fingerprint density at radius 3 is 2.70 bits per heavy atom. The van der Waals surface area contributed by atoms with E-state index >= 15 is 0 Å². The summed E-state index contributed by atoms with van der Waals surface area (Å²) < 4.78 is 0. The average molecular weight is 272 g/mol. The Morgan fingerprint density at radius 1 is 1.20 bits per heavy atom. The van der Waals surface area contributed by atoms with Crippen LogP contribution in [0.15, 0.2) is 24.3 Å². The van der Waals surface area contributed by atoms with Crippen molar-refractivity contribution in [2.75, 3.05) is 19.6 Å². The van der Waals surface area contributed by atoms with Crippen molar-refractivity contribution in [3.8, 4) is 0 Å². The number of nitrogens with one attached hydrogen (secondary N) is 1. The summed E-state index contributed by atoms with van der Waals surface area (Å²) in [6.45, 7) is 8.46. The van der Waals surface area contributed by atoms with Crippen molar-refractivity contribution in [2.24, 2.45) is 5.92 Å². The molecule has 2 heteroatoms. The Labute approximate surface area is 123 Å². The summed E-state index contributed by atoms with van der Waals surface area (Å²) in [6, 6.07) is 10.2. The van der Waals surface area contributed by atoms with E-state index in [2.05, 4.69) is 48.3 Å². The monoisotopic (exact) mass is 272 g/mol. The lowest BCUT2D eigenvalue weighted by molar-refractivity contribution is 0.164. The predicted octanol–water partition coefficient (Wildman–Crippen LogP) is 3.38. The van der Waals surface area contributed by atoms with E-state index in [1.54, 1.807) is 11.1 Å². The molecule has 1 aliphatic carbocycles. The Hall–Kier alpha value is -0.860. The van der Waals surface area contributed by atoms with Gasteiger partial charge in [0.15, 0.2) is 0 Å². The van der Waals surface area contributed by atoms with Crippen LogP contribution in [0, 0.1) is 5.92 Å². The highest BCUT2D eigenvalue weighted by atomic mass is 15.1. The van der Waals surface area contributed by atoms with Gasteiger partial charge in [0.1, 0.15) is 0 Å². The van der Waals surface area contributed by atoms with E-state index in [0.29, 0.717) is 12.1 Å². The van der Waals surface area contributed by atoms with E-state index in [1.165, 1.54) is 45.3 Å². The minimum atomic E-state index is 0.588. The third-order valence-electron chi connectivity index (χ3n) is 5.38. The normalized spacial score (nSPS) is 25.6. The lowest BCUT2D eigenvalue weighted by Crippen LogP contribution is -2.42. The van der Waals surface area contributed by atoms with Crippen LogP contribution in [0.4, 0.5) is 0 Å². The first-order valence-electron chi connectivity index (χ1n) is 8.34. The topological polar surface area (TPSA) is 15.3 Å². The minimum absolute atomic E-state index is 0.588. The second-order valence-electron chi connectivity index (χ2n) is 6.52. The number of piperidine rings is 1. The van der Waals surface area contributed by atoms with Crippen molar-refractivity contribution >= 4 is 0 Å². The third kappa shape index (κ3) is 2.91. The molecule has 0 saturated carbocycles. The lowest BCUT2D eigenvalue weighted by Gasteiger charge is -2.35. The molecule has 1 aromatic carbocycles. The fraction of sp³-hybridized carbons (Fsp3) is 0.667. The zero-order valence-corrected chi connectivity index (χ0v) is 12.9. The summed E-state index contributed by atoms with van der Waals surface area (Å²) in [7, 11) is 0. The van der Waals surface area contributed by atoms with Crippen molar-refractivity contribution in [1.29, 1.82) is 0 Å². The van der Waals surface area contributed by atoms with Gasteiger partial charge in [0.2, 0.25) is 0 Å². The first kappa shape index (κ1) is 14.1. The van der Waals surface area contributed by atoms with E-state index in [9.17, 15) is 0 Å². The summed E-state index contributed by atoms with van der Waals surface area (Å²) in [6.07, 6.45) is 5.24. The van der Waals surface area contributed by atoms with Crippen LogP contribution in [-0.2, 0) is 6.42 Å². The van der Waals surface area contributed by atoms with Crippen LogP contribution in [-0.4, -0.2) is 30.6 Å². The number of fused-ring (bicyclic) bond motifs is 1. The largest absolute Gasteiger partial charge is 0.307 e. The maximum absolute atomic E-state index is 3.92. The van der Waals surface area contributed by atoms with Gasteiger partial charge in [0.25, 0.3) is 0 Å². The van der Waals surface area contributed by atoms with Gasteiger partial charge in [-0.05, 0) is 69.3 Å². The SMILES string of the molecule is CCN1CCC(C(C)NC2CCc3ccccc32)CC1. The molecule has 110 valence electrons. The molecule has 3 rings (SSSR count). The van der Waals surface area contributed by atoms with Gasteiger partial charge in [-0.1, -0.05) is 31.2 Å². The summed E-state index contributed by atoms with van der Waals surface area (Å²) in [5, 5.41) is 3.92. The standard InChI is InChI=1S/C18H28N2/c1-3-20-12-10-15(11-13-20)14(2)19-18-9-8-16-6-4-5-7-17(16)18/h4-7,14-15,18-19H,3,8-13H2,1-2H3. The Morgan fingerprint density at radius 2 is 1.95 bits per heavy atom. The quantitative estimate of drug-likeness (QED) is 0.904. The van der Waals surface area contributed by atoms with Gasteiger partial charge in [-0.15, -0.1) is 0 Å². The molecule has 2 atom stereocenters. The number of aryl methyl sites for hydroxylation is 1. The first-order valence-corrected chi connectivity index (χ1v) is 8.34. The van der Waals surface area contributed by atoms with Gasteiger partial charge in [-0.3, -0.25) is 0 Å². The van der Waals surface area contributed by atoms with E-state index < -0.39 is 0 Å². The molecule has 2 unspecified atom stereocenters. The molecule has 1 aliphatic heterocycles. The number of rotatable bonds is 4. The van der Waals surface area contributed by atoms with Gasteiger partial charge >= 0.3 is 0 Å². The Balaban J connectivity index is 1.56. The van der Waals surface area contributed by atoms with Crippen molar-refractivity contribution in [3.63, 3.8) is 0 Å². The summed E-state index contributed by atoms with van der Waals surface area (Å²) in [5.41, 5.74) is 3.10. The summed E-state index contributed by atoms with van der Waals surface area (Å²) in [4.78, 5) is 2.58.